The van der Waals surface area contributed by atoms with Gasteiger partial charge in [0.1, 0.15) is 5.82 Å². The maximum absolute atomic E-state index is 12.8. The number of hydrogen-bond acceptors (Lipinski definition) is 4. The van der Waals surface area contributed by atoms with Crippen molar-refractivity contribution in [1.82, 2.24) is 4.98 Å². The van der Waals surface area contributed by atoms with Crippen LogP contribution in [0.15, 0.2) is 36.5 Å². The largest absolute Gasteiger partial charge is 0.452 e. The predicted octanol–water partition coefficient (Wildman–Crippen LogP) is 4.57. The summed E-state index contributed by atoms with van der Waals surface area (Å²) in [6.07, 6.45) is -9.02. The molecular weight excluding hydrogens is 418 g/mol. The van der Waals surface area contributed by atoms with Gasteiger partial charge < -0.3 is 10.1 Å². The van der Waals surface area contributed by atoms with E-state index in [-0.39, 0.29) is 29.0 Å². The maximum Gasteiger partial charge on any atom is 0.416 e. The van der Waals surface area contributed by atoms with E-state index in [1.165, 1.54) is 18.3 Å². The highest BCUT2D eigenvalue weighted by Crippen LogP contribution is 2.36. The number of ether oxygens (including phenoxy) is 1. The van der Waals surface area contributed by atoms with Crippen LogP contribution in [-0.2, 0) is 21.9 Å². The molecule has 0 aliphatic carbocycles. The summed E-state index contributed by atoms with van der Waals surface area (Å²) in [6, 6.07) is 3.00. The zero-order chi connectivity index (χ0) is 21.1. The fourth-order valence-electron chi connectivity index (χ4n) is 1.92. The van der Waals surface area contributed by atoms with Crippen molar-refractivity contribution < 1.29 is 40.7 Å². The maximum atomic E-state index is 12.8. The molecule has 0 saturated carbocycles. The molecule has 2 aromatic rings. The van der Waals surface area contributed by atoms with Crippen LogP contribution in [0.3, 0.4) is 0 Å². The second-order valence-corrected chi connectivity index (χ2v) is 5.72. The average Bonchev–Trinajstić information content (AvgIpc) is 2.59. The zero-order valence-corrected chi connectivity index (χ0v) is 14.2. The molecule has 0 unspecified atom stereocenters. The van der Waals surface area contributed by atoms with E-state index in [0.717, 1.165) is 0 Å². The Bertz CT molecular complexity index is 849. The van der Waals surface area contributed by atoms with Gasteiger partial charge in [0.2, 0.25) is 0 Å². The Balaban J connectivity index is 2.12. The Morgan fingerprint density at radius 3 is 2.04 bits per heavy atom. The molecule has 1 N–H and O–H groups in total. The minimum atomic E-state index is -5.12. The summed E-state index contributed by atoms with van der Waals surface area (Å²) >= 11 is 5.60. The monoisotopic (exact) mass is 426 g/mol. The van der Waals surface area contributed by atoms with Crippen molar-refractivity contribution in [2.75, 3.05) is 11.9 Å². The molecule has 1 heterocycles. The van der Waals surface area contributed by atoms with Gasteiger partial charge in [0.25, 0.3) is 5.91 Å². The Kier molecular flexibility index (Phi) is 6.17. The van der Waals surface area contributed by atoms with Crippen LogP contribution in [0.25, 0.3) is 0 Å². The highest BCUT2D eigenvalue weighted by molar-refractivity contribution is 6.30. The molecule has 0 aliphatic rings. The zero-order valence-electron chi connectivity index (χ0n) is 13.5. The fourth-order valence-corrected chi connectivity index (χ4v) is 2.03. The summed E-state index contributed by atoms with van der Waals surface area (Å²) in [5.74, 6) is -2.40. The molecule has 0 aliphatic heterocycles. The minimum absolute atomic E-state index is 0.0453. The van der Waals surface area contributed by atoms with Crippen LogP contribution < -0.4 is 5.32 Å². The fraction of sp³-hybridized carbons (Fsp3) is 0.188. The average molecular weight is 427 g/mol. The van der Waals surface area contributed by atoms with E-state index in [0.29, 0.717) is 0 Å². The van der Waals surface area contributed by atoms with Gasteiger partial charge in [-0.15, -0.1) is 0 Å². The Labute approximate surface area is 158 Å². The summed E-state index contributed by atoms with van der Waals surface area (Å²) in [5, 5.41) is 2.49. The Morgan fingerprint density at radius 1 is 1.00 bits per heavy atom. The number of anilines is 1. The number of aromatic nitrogens is 1. The van der Waals surface area contributed by atoms with E-state index in [4.69, 9.17) is 11.6 Å². The summed E-state index contributed by atoms with van der Waals surface area (Å²) < 4.78 is 81.2. The third kappa shape index (κ3) is 5.84. The molecule has 5 nitrogen and oxygen atoms in total. The van der Waals surface area contributed by atoms with Crippen LogP contribution in [0.5, 0.6) is 0 Å². The summed E-state index contributed by atoms with van der Waals surface area (Å²) in [6.45, 7) is -0.958. The number of benzene rings is 1. The van der Waals surface area contributed by atoms with Crippen molar-refractivity contribution in [1.29, 1.82) is 0 Å². The molecule has 0 radical (unpaired) electrons. The van der Waals surface area contributed by atoms with Crippen molar-refractivity contribution in [2.24, 2.45) is 0 Å². The Hall–Kier alpha value is -2.82. The van der Waals surface area contributed by atoms with E-state index in [9.17, 15) is 35.9 Å². The predicted molar refractivity (Wildman–Crippen MR) is 84.6 cm³/mol. The molecule has 0 atom stereocenters. The molecule has 0 spiro atoms. The molecule has 12 heteroatoms. The molecule has 28 heavy (non-hydrogen) atoms. The van der Waals surface area contributed by atoms with Gasteiger partial charge in [-0.25, -0.2) is 9.78 Å². The number of hydrogen-bond donors (Lipinski definition) is 1. The molecule has 2 rings (SSSR count). The number of halogens is 7. The SMILES string of the molecule is O=C(COC(=O)c1cc(C(F)(F)F)cc(C(F)(F)F)c1)Nc1ccc(Cl)cn1. The van der Waals surface area contributed by atoms with Crippen LogP contribution in [0.2, 0.25) is 5.02 Å². The number of carbonyl (C=O) groups excluding carboxylic acids is 2. The number of pyridine rings is 1. The van der Waals surface area contributed by atoms with Crippen molar-refractivity contribution in [2.45, 2.75) is 12.4 Å². The smallest absolute Gasteiger partial charge is 0.416 e. The molecule has 0 bridgehead atoms. The summed E-state index contributed by atoms with van der Waals surface area (Å²) in [4.78, 5) is 27.2. The van der Waals surface area contributed by atoms with Crippen LogP contribution in [0.4, 0.5) is 32.2 Å². The van der Waals surface area contributed by atoms with Gasteiger partial charge in [0.15, 0.2) is 6.61 Å². The first-order chi connectivity index (χ1) is 12.9. The van der Waals surface area contributed by atoms with Crippen LogP contribution in [0.1, 0.15) is 21.5 Å². The third-order valence-electron chi connectivity index (χ3n) is 3.15. The number of alkyl halides is 6. The molecule has 0 saturated heterocycles. The number of nitrogens with one attached hydrogen (secondary N) is 1. The third-order valence-corrected chi connectivity index (χ3v) is 3.38. The van der Waals surface area contributed by atoms with Gasteiger partial charge in [-0.2, -0.15) is 26.3 Å². The van der Waals surface area contributed by atoms with Gasteiger partial charge in [-0.05, 0) is 30.3 Å². The second kappa shape index (κ2) is 8.05. The van der Waals surface area contributed by atoms with Crippen molar-refractivity contribution in [3.8, 4) is 0 Å². The van der Waals surface area contributed by atoms with Gasteiger partial charge in [0.05, 0.1) is 21.7 Å². The highest BCUT2D eigenvalue weighted by atomic mass is 35.5. The lowest BCUT2D eigenvalue weighted by atomic mass is 10.0. The lowest BCUT2D eigenvalue weighted by Gasteiger charge is -2.13. The molecule has 1 aromatic carbocycles. The van der Waals surface area contributed by atoms with Gasteiger partial charge in [-0.3, -0.25) is 4.79 Å². The van der Waals surface area contributed by atoms with Crippen molar-refractivity contribution in [3.63, 3.8) is 0 Å². The summed E-state index contributed by atoms with van der Waals surface area (Å²) in [7, 11) is 0. The topological polar surface area (TPSA) is 68.3 Å². The molecule has 150 valence electrons. The van der Waals surface area contributed by atoms with E-state index >= 15 is 0 Å². The number of esters is 1. The van der Waals surface area contributed by atoms with Gasteiger partial charge in [0, 0.05) is 6.20 Å². The first-order valence-electron chi connectivity index (χ1n) is 7.24. The van der Waals surface area contributed by atoms with E-state index < -0.39 is 47.5 Å². The van der Waals surface area contributed by atoms with E-state index in [2.05, 4.69) is 15.0 Å². The van der Waals surface area contributed by atoms with Crippen molar-refractivity contribution in [3.05, 3.63) is 58.2 Å². The molecular formula is C16H9ClF6N2O3. The second-order valence-electron chi connectivity index (χ2n) is 5.28. The van der Waals surface area contributed by atoms with Gasteiger partial charge >= 0.3 is 18.3 Å². The van der Waals surface area contributed by atoms with E-state index in [1.807, 2.05) is 0 Å². The van der Waals surface area contributed by atoms with Crippen molar-refractivity contribution >= 4 is 29.3 Å². The van der Waals surface area contributed by atoms with Crippen LogP contribution in [-0.4, -0.2) is 23.5 Å². The Morgan fingerprint density at radius 2 is 1.57 bits per heavy atom. The highest BCUT2D eigenvalue weighted by Gasteiger charge is 2.37. The minimum Gasteiger partial charge on any atom is -0.452 e. The number of carbonyl (C=O) groups is 2. The molecule has 1 aromatic heterocycles. The summed E-state index contributed by atoms with van der Waals surface area (Å²) in [5.41, 5.74) is -4.35. The molecule has 1 amide bonds. The first-order valence-corrected chi connectivity index (χ1v) is 7.62. The van der Waals surface area contributed by atoms with Crippen LogP contribution >= 0.6 is 11.6 Å². The quantitative estimate of drug-likeness (QED) is 0.574. The lowest BCUT2D eigenvalue weighted by Crippen LogP contribution is -2.22. The molecule has 0 fully saturated rings. The normalized spacial score (nSPS) is 11.8. The van der Waals surface area contributed by atoms with E-state index in [1.54, 1.807) is 0 Å². The number of rotatable bonds is 4. The first kappa shape index (κ1) is 21.5. The van der Waals surface area contributed by atoms with Gasteiger partial charge in [-0.1, -0.05) is 11.6 Å². The number of amides is 1. The standard InChI is InChI=1S/C16H9ClF6N2O3/c17-11-1-2-12(24-6-11)25-13(26)7-28-14(27)8-3-9(15(18,19)20)5-10(4-8)16(21,22)23/h1-6H,7H2,(H,24,25,26). The number of nitrogens with zero attached hydrogens (tertiary/aromatic N) is 1. The van der Waals surface area contributed by atoms with Crippen LogP contribution in [0, 0.1) is 0 Å². The lowest BCUT2D eigenvalue weighted by molar-refractivity contribution is -0.143.